The predicted molar refractivity (Wildman–Crippen MR) is 85.3 cm³/mol. The Morgan fingerprint density at radius 2 is 1.85 bits per heavy atom. The lowest BCUT2D eigenvalue weighted by Crippen LogP contribution is -2.16. The van der Waals surface area contributed by atoms with Gasteiger partial charge < -0.3 is 10.6 Å². The maximum Gasteiger partial charge on any atom is 0.0617 e. The largest absolute Gasteiger partial charge is 0.397 e. The molecular formula is C17H17N3. The second-order valence-electron chi connectivity index (χ2n) is 4.72. The van der Waals surface area contributed by atoms with E-state index >= 15 is 0 Å². The third kappa shape index (κ3) is 2.18. The van der Waals surface area contributed by atoms with Gasteiger partial charge in [0, 0.05) is 23.8 Å². The summed E-state index contributed by atoms with van der Waals surface area (Å²) in [6.45, 7) is 2.99. The quantitative estimate of drug-likeness (QED) is 0.777. The summed E-state index contributed by atoms with van der Waals surface area (Å²) in [6, 6.07) is 16.7. The molecule has 1 heterocycles. The molecule has 0 aliphatic heterocycles. The van der Waals surface area contributed by atoms with Gasteiger partial charge in [0.15, 0.2) is 0 Å². The Labute approximate surface area is 118 Å². The Morgan fingerprint density at radius 3 is 2.65 bits per heavy atom. The van der Waals surface area contributed by atoms with Crippen LogP contribution in [0.5, 0.6) is 0 Å². The molecule has 0 amide bonds. The molecule has 3 aromatic rings. The maximum absolute atomic E-state index is 5.85. The third-order valence-corrected chi connectivity index (χ3v) is 3.43. The fourth-order valence-electron chi connectivity index (χ4n) is 2.53. The van der Waals surface area contributed by atoms with Crippen molar-refractivity contribution in [3.8, 4) is 0 Å². The summed E-state index contributed by atoms with van der Waals surface area (Å²) >= 11 is 0. The Morgan fingerprint density at radius 1 is 1.05 bits per heavy atom. The van der Waals surface area contributed by atoms with E-state index in [1.54, 1.807) is 6.20 Å². The van der Waals surface area contributed by atoms with Crippen LogP contribution >= 0.6 is 0 Å². The normalized spacial score (nSPS) is 10.7. The first kappa shape index (κ1) is 12.5. The van der Waals surface area contributed by atoms with E-state index in [1.807, 2.05) is 12.3 Å². The van der Waals surface area contributed by atoms with Gasteiger partial charge in [-0.05, 0) is 24.4 Å². The van der Waals surface area contributed by atoms with Crippen molar-refractivity contribution in [1.29, 1.82) is 0 Å². The molecule has 20 heavy (non-hydrogen) atoms. The first-order chi connectivity index (χ1) is 9.79. The van der Waals surface area contributed by atoms with E-state index in [-0.39, 0.29) is 0 Å². The molecule has 0 saturated heterocycles. The summed E-state index contributed by atoms with van der Waals surface area (Å²) in [5.74, 6) is 0. The molecule has 0 aliphatic rings. The van der Waals surface area contributed by atoms with Crippen molar-refractivity contribution in [2.75, 3.05) is 17.2 Å². The topological polar surface area (TPSA) is 42.2 Å². The Balaban J connectivity index is 2.17. The molecule has 2 N–H and O–H groups in total. The first-order valence-corrected chi connectivity index (χ1v) is 6.75. The molecule has 0 saturated carbocycles. The van der Waals surface area contributed by atoms with Gasteiger partial charge in [0.25, 0.3) is 0 Å². The molecule has 0 radical (unpaired) electrons. The molecule has 2 aromatic carbocycles. The second-order valence-corrected chi connectivity index (χ2v) is 4.72. The van der Waals surface area contributed by atoms with E-state index in [2.05, 4.69) is 59.3 Å². The van der Waals surface area contributed by atoms with Crippen molar-refractivity contribution in [3.05, 3.63) is 60.9 Å². The minimum atomic E-state index is 0.682. The highest BCUT2D eigenvalue weighted by molar-refractivity contribution is 5.96. The molecule has 0 aliphatic carbocycles. The molecule has 3 heteroatoms. The number of aromatic nitrogens is 1. The van der Waals surface area contributed by atoms with Gasteiger partial charge in [-0.3, -0.25) is 4.98 Å². The summed E-state index contributed by atoms with van der Waals surface area (Å²) in [5, 5.41) is 2.47. The molecule has 1 aromatic heterocycles. The molecule has 0 atom stereocenters. The van der Waals surface area contributed by atoms with Crippen molar-refractivity contribution in [2.24, 2.45) is 0 Å². The van der Waals surface area contributed by atoms with E-state index in [0.29, 0.717) is 5.69 Å². The van der Waals surface area contributed by atoms with Crippen LogP contribution in [0, 0.1) is 0 Å². The lowest BCUT2D eigenvalue weighted by molar-refractivity contribution is 1.02. The van der Waals surface area contributed by atoms with Crippen LogP contribution in [0.25, 0.3) is 10.8 Å². The van der Waals surface area contributed by atoms with Crippen LogP contribution in [-0.4, -0.2) is 11.5 Å². The number of fused-ring (bicyclic) bond motifs is 1. The van der Waals surface area contributed by atoms with Gasteiger partial charge in [0.2, 0.25) is 0 Å². The van der Waals surface area contributed by atoms with Crippen molar-refractivity contribution < 1.29 is 0 Å². The van der Waals surface area contributed by atoms with E-state index in [1.165, 1.54) is 16.5 Å². The molecule has 3 nitrogen and oxygen atoms in total. The molecule has 3 rings (SSSR count). The zero-order valence-electron chi connectivity index (χ0n) is 11.5. The van der Waals surface area contributed by atoms with Gasteiger partial charge in [0.05, 0.1) is 17.6 Å². The van der Waals surface area contributed by atoms with Gasteiger partial charge in [-0.1, -0.05) is 36.4 Å². The summed E-state index contributed by atoms with van der Waals surface area (Å²) in [7, 11) is 0. The number of nitrogens with zero attached hydrogens (tertiary/aromatic N) is 2. The predicted octanol–water partition coefficient (Wildman–Crippen LogP) is 3.98. The van der Waals surface area contributed by atoms with Crippen molar-refractivity contribution in [2.45, 2.75) is 6.92 Å². The first-order valence-electron chi connectivity index (χ1n) is 6.75. The van der Waals surface area contributed by atoms with Crippen molar-refractivity contribution in [1.82, 2.24) is 4.98 Å². The molecule has 0 fully saturated rings. The van der Waals surface area contributed by atoms with Crippen molar-refractivity contribution in [3.63, 3.8) is 0 Å². The average Bonchev–Trinajstić information content (AvgIpc) is 2.48. The second kappa shape index (κ2) is 5.21. The number of benzene rings is 2. The van der Waals surface area contributed by atoms with E-state index in [9.17, 15) is 0 Å². The highest BCUT2D eigenvalue weighted by atomic mass is 15.1. The molecule has 100 valence electrons. The number of hydrogen-bond donors (Lipinski definition) is 1. The van der Waals surface area contributed by atoms with Gasteiger partial charge >= 0.3 is 0 Å². The Hall–Kier alpha value is -2.55. The lowest BCUT2D eigenvalue weighted by atomic mass is 10.1. The average molecular weight is 263 g/mol. The molecule has 0 bridgehead atoms. The van der Waals surface area contributed by atoms with Crippen LogP contribution in [0.15, 0.2) is 60.9 Å². The van der Waals surface area contributed by atoms with Gasteiger partial charge in [-0.25, -0.2) is 0 Å². The SMILES string of the molecule is CCN(c1cncc(N)c1)c1cccc2ccccc12. The van der Waals surface area contributed by atoms with Crippen LogP contribution in [0.2, 0.25) is 0 Å². The summed E-state index contributed by atoms with van der Waals surface area (Å²) in [4.78, 5) is 6.42. The zero-order chi connectivity index (χ0) is 13.9. The van der Waals surface area contributed by atoms with E-state index in [0.717, 1.165) is 12.2 Å². The minimum Gasteiger partial charge on any atom is -0.397 e. The fourth-order valence-corrected chi connectivity index (χ4v) is 2.53. The minimum absolute atomic E-state index is 0.682. The van der Waals surface area contributed by atoms with Gasteiger partial charge in [0.1, 0.15) is 0 Å². The standard InChI is InChI=1S/C17H17N3/c1-2-20(15-10-14(18)11-19-12-15)17-9-5-7-13-6-3-4-8-16(13)17/h3-12H,2,18H2,1H3. The van der Waals surface area contributed by atoms with Crippen LogP contribution in [0.4, 0.5) is 17.1 Å². The van der Waals surface area contributed by atoms with Crippen LogP contribution in [-0.2, 0) is 0 Å². The monoisotopic (exact) mass is 263 g/mol. The van der Waals surface area contributed by atoms with Crippen LogP contribution < -0.4 is 10.6 Å². The number of hydrogen-bond acceptors (Lipinski definition) is 3. The molecule has 0 spiro atoms. The summed E-state index contributed by atoms with van der Waals surface area (Å²) < 4.78 is 0. The molecular weight excluding hydrogens is 246 g/mol. The summed E-state index contributed by atoms with van der Waals surface area (Å²) in [6.07, 6.45) is 3.52. The Bertz CT molecular complexity index is 732. The number of nitrogen functional groups attached to an aromatic ring is 1. The fraction of sp³-hybridized carbons (Fsp3) is 0.118. The lowest BCUT2D eigenvalue weighted by Gasteiger charge is -2.24. The number of rotatable bonds is 3. The van der Waals surface area contributed by atoms with E-state index in [4.69, 9.17) is 5.73 Å². The number of pyridine rings is 1. The summed E-state index contributed by atoms with van der Waals surface area (Å²) in [5.41, 5.74) is 8.73. The molecule has 0 unspecified atom stereocenters. The van der Waals surface area contributed by atoms with Gasteiger partial charge in [-0.15, -0.1) is 0 Å². The van der Waals surface area contributed by atoms with Gasteiger partial charge in [-0.2, -0.15) is 0 Å². The van der Waals surface area contributed by atoms with Crippen molar-refractivity contribution >= 4 is 27.8 Å². The third-order valence-electron chi connectivity index (χ3n) is 3.43. The maximum atomic E-state index is 5.85. The number of nitrogens with two attached hydrogens (primary N) is 1. The highest BCUT2D eigenvalue weighted by Crippen LogP contribution is 2.32. The van der Waals surface area contributed by atoms with Crippen LogP contribution in [0.3, 0.4) is 0 Å². The zero-order valence-corrected chi connectivity index (χ0v) is 11.5. The Kier molecular flexibility index (Phi) is 3.25. The van der Waals surface area contributed by atoms with Crippen LogP contribution in [0.1, 0.15) is 6.92 Å². The smallest absolute Gasteiger partial charge is 0.0617 e. The highest BCUT2D eigenvalue weighted by Gasteiger charge is 2.10. The number of anilines is 3. The van der Waals surface area contributed by atoms with E-state index < -0.39 is 0 Å².